The summed E-state index contributed by atoms with van der Waals surface area (Å²) >= 11 is 0. The zero-order chi connectivity index (χ0) is 21.7. The Bertz CT molecular complexity index is 1050. The van der Waals surface area contributed by atoms with E-state index >= 15 is 0 Å². The van der Waals surface area contributed by atoms with Gasteiger partial charge in [0.15, 0.2) is 11.5 Å². The van der Waals surface area contributed by atoms with Crippen LogP contribution in [0.2, 0.25) is 0 Å². The Kier molecular flexibility index (Phi) is 6.16. The van der Waals surface area contributed by atoms with E-state index in [4.69, 9.17) is 18.9 Å². The molecule has 0 saturated carbocycles. The molecule has 0 aliphatic rings. The lowest BCUT2D eigenvalue weighted by atomic mass is 10.2. The average molecular weight is 412 g/mol. The fourth-order valence-electron chi connectivity index (χ4n) is 2.59. The fraction of sp³-hybridized carbons (Fsp3) is 0.200. The van der Waals surface area contributed by atoms with Crippen molar-refractivity contribution < 1.29 is 23.9 Å². The summed E-state index contributed by atoms with van der Waals surface area (Å²) in [5.41, 5.74) is 1.14. The number of nitrogens with zero attached hydrogens (tertiary/aromatic N) is 3. The SMILES string of the molecule is COc1cc(Nc2ncc([N+](=O)[O-])c(Oc3ccc(C)cc3OC)n2)cc(OC)c1. The Morgan fingerprint density at radius 2 is 1.67 bits per heavy atom. The average Bonchev–Trinajstić information content (AvgIpc) is 2.74. The number of anilines is 2. The van der Waals surface area contributed by atoms with Gasteiger partial charge in [0.1, 0.15) is 17.7 Å². The third-order valence-corrected chi connectivity index (χ3v) is 4.07. The van der Waals surface area contributed by atoms with Crippen LogP contribution < -0.4 is 24.3 Å². The zero-order valence-electron chi connectivity index (χ0n) is 16.8. The lowest BCUT2D eigenvalue weighted by molar-refractivity contribution is -0.386. The van der Waals surface area contributed by atoms with Gasteiger partial charge in [-0.15, -0.1) is 0 Å². The molecule has 30 heavy (non-hydrogen) atoms. The van der Waals surface area contributed by atoms with E-state index in [1.165, 1.54) is 21.3 Å². The van der Waals surface area contributed by atoms with Crippen LogP contribution >= 0.6 is 0 Å². The quantitative estimate of drug-likeness (QED) is 0.428. The minimum atomic E-state index is -0.617. The van der Waals surface area contributed by atoms with E-state index in [9.17, 15) is 10.1 Å². The summed E-state index contributed by atoms with van der Waals surface area (Å²) in [5, 5.41) is 14.4. The Morgan fingerprint density at radius 1 is 0.967 bits per heavy atom. The smallest absolute Gasteiger partial charge is 0.349 e. The van der Waals surface area contributed by atoms with E-state index in [1.54, 1.807) is 36.4 Å². The largest absolute Gasteiger partial charge is 0.497 e. The van der Waals surface area contributed by atoms with Crippen molar-refractivity contribution in [3.63, 3.8) is 0 Å². The summed E-state index contributed by atoms with van der Waals surface area (Å²) in [6.07, 6.45) is 1.07. The highest BCUT2D eigenvalue weighted by Gasteiger charge is 2.21. The number of aromatic nitrogens is 2. The van der Waals surface area contributed by atoms with E-state index in [2.05, 4.69) is 15.3 Å². The highest BCUT2D eigenvalue weighted by Crippen LogP contribution is 2.36. The van der Waals surface area contributed by atoms with Crippen molar-refractivity contribution in [1.29, 1.82) is 0 Å². The van der Waals surface area contributed by atoms with Crippen molar-refractivity contribution >= 4 is 17.3 Å². The van der Waals surface area contributed by atoms with Crippen LogP contribution in [0.3, 0.4) is 0 Å². The van der Waals surface area contributed by atoms with Crippen molar-refractivity contribution in [2.45, 2.75) is 6.92 Å². The molecule has 0 aliphatic heterocycles. The van der Waals surface area contributed by atoms with Gasteiger partial charge in [0.05, 0.1) is 26.3 Å². The van der Waals surface area contributed by atoms with Crippen LogP contribution in [-0.2, 0) is 0 Å². The molecule has 156 valence electrons. The highest BCUT2D eigenvalue weighted by molar-refractivity contribution is 5.60. The molecule has 0 atom stereocenters. The van der Waals surface area contributed by atoms with E-state index in [1.807, 2.05) is 6.92 Å². The Morgan fingerprint density at radius 3 is 2.27 bits per heavy atom. The van der Waals surface area contributed by atoms with Crippen LogP contribution in [0.25, 0.3) is 0 Å². The number of benzene rings is 2. The molecule has 0 saturated heterocycles. The predicted molar refractivity (Wildman–Crippen MR) is 109 cm³/mol. The maximum Gasteiger partial charge on any atom is 0.349 e. The molecule has 2 aromatic carbocycles. The molecule has 1 heterocycles. The Balaban J connectivity index is 1.97. The van der Waals surface area contributed by atoms with Crippen LogP contribution in [0.4, 0.5) is 17.3 Å². The molecule has 0 aliphatic carbocycles. The van der Waals surface area contributed by atoms with Crippen LogP contribution in [0.15, 0.2) is 42.6 Å². The molecule has 0 amide bonds. The van der Waals surface area contributed by atoms with Gasteiger partial charge in [-0.05, 0) is 24.6 Å². The van der Waals surface area contributed by atoms with Crippen molar-refractivity contribution in [3.8, 4) is 28.9 Å². The molecule has 10 heteroatoms. The summed E-state index contributed by atoms with van der Waals surface area (Å²) < 4.78 is 21.5. The molecule has 3 aromatic rings. The molecule has 0 fully saturated rings. The highest BCUT2D eigenvalue weighted by atomic mass is 16.6. The minimum absolute atomic E-state index is 0.0944. The van der Waals surface area contributed by atoms with Crippen LogP contribution in [0.1, 0.15) is 5.56 Å². The first kappa shape index (κ1) is 20.6. The summed E-state index contributed by atoms with van der Waals surface area (Å²) in [4.78, 5) is 19.0. The summed E-state index contributed by atoms with van der Waals surface area (Å²) in [6, 6.07) is 10.3. The first-order valence-electron chi connectivity index (χ1n) is 8.77. The van der Waals surface area contributed by atoms with E-state index in [0.717, 1.165) is 11.8 Å². The summed E-state index contributed by atoms with van der Waals surface area (Å²) in [7, 11) is 4.54. The van der Waals surface area contributed by atoms with Gasteiger partial charge in [-0.1, -0.05) is 6.07 Å². The van der Waals surface area contributed by atoms with Gasteiger partial charge in [-0.2, -0.15) is 4.98 Å². The van der Waals surface area contributed by atoms with Crippen LogP contribution in [-0.4, -0.2) is 36.2 Å². The topological polar surface area (TPSA) is 118 Å². The second-order valence-electron chi connectivity index (χ2n) is 6.12. The number of ether oxygens (including phenoxy) is 4. The lowest BCUT2D eigenvalue weighted by Gasteiger charge is -2.12. The lowest BCUT2D eigenvalue weighted by Crippen LogP contribution is -2.03. The van der Waals surface area contributed by atoms with Gasteiger partial charge in [0, 0.05) is 23.9 Å². The summed E-state index contributed by atoms with van der Waals surface area (Å²) in [6.45, 7) is 1.89. The molecule has 0 radical (unpaired) electrons. The number of nitro groups is 1. The molecule has 0 spiro atoms. The first-order chi connectivity index (χ1) is 14.4. The maximum atomic E-state index is 11.4. The van der Waals surface area contributed by atoms with Gasteiger partial charge < -0.3 is 24.3 Å². The monoisotopic (exact) mass is 412 g/mol. The predicted octanol–water partition coefficient (Wildman–Crippen LogP) is 4.25. The van der Waals surface area contributed by atoms with Gasteiger partial charge in [-0.25, -0.2) is 4.98 Å². The maximum absolute atomic E-state index is 11.4. The number of methoxy groups -OCH3 is 3. The van der Waals surface area contributed by atoms with E-state index < -0.39 is 4.92 Å². The molecule has 1 N–H and O–H groups in total. The summed E-state index contributed by atoms with van der Waals surface area (Å²) in [5.74, 6) is 1.69. The number of hydrogen-bond donors (Lipinski definition) is 1. The number of hydrogen-bond acceptors (Lipinski definition) is 9. The second kappa shape index (κ2) is 8.95. The standard InChI is InChI=1S/C20H20N4O6/c1-12-5-6-17(18(7-12)29-4)30-19-16(24(25)26)11-21-20(23-19)22-13-8-14(27-2)10-15(9-13)28-3/h5-11H,1-4H3,(H,21,22,23). The molecular weight excluding hydrogens is 392 g/mol. The van der Waals surface area contributed by atoms with E-state index in [-0.39, 0.29) is 17.5 Å². The van der Waals surface area contributed by atoms with Crippen molar-refractivity contribution in [3.05, 3.63) is 58.3 Å². The number of aryl methyl sites for hydroxylation is 1. The Hall–Kier alpha value is -4.08. The molecular formula is C20H20N4O6. The fourth-order valence-corrected chi connectivity index (χ4v) is 2.59. The van der Waals surface area contributed by atoms with Gasteiger partial charge >= 0.3 is 11.6 Å². The number of rotatable bonds is 8. The van der Waals surface area contributed by atoms with E-state index in [0.29, 0.717) is 28.7 Å². The molecule has 3 rings (SSSR count). The first-order valence-corrected chi connectivity index (χ1v) is 8.77. The molecule has 1 aromatic heterocycles. The van der Waals surface area contributed by atoms with Crippen molar-refractivity contribution in [2.24, 2.45) is 0 Å². The zero-order valence-corrected chi connectivity index (χ0v) is 16.8. The van der Waals surface area contributed by atoms with Gasteiger partial charge in [0.25, 0.3) is 0 Å². The molecule has 0 bridgehead atoms. The third kappa shape index (κ3) is 4.66. The normalized spacial score (nSPS) is 10.3. The van der Waals surface area contributed by atoms with Crippen LogP contribution in [0.5, 0.6) is 28.9 Å². The second-order valence-corrected chi connectivity index (χ2v) is 6.12. The van der Waals surface area contributed by atoms with Gasteiger partial charge in [-0.3, -0.25) is 10.1 Å². The number of nitrogens with one attached hydrogen (secondary N) is 1. The minimum Gasteiger partial charge on any atom is -0.497 e. The van der Waals surface area contributed by atoms with Crippen LogP contribution in [0, 0.1) is 17.0 Å². The molecule has 10 nitrogen and oxygen atoms in total. The third-order valence-electron chi connectivity index (χ3n) is 4.07. The van der Waals surface area contributed by atoms with Crippen molar-refractivity contribution in [2.75, 3.05) is 26.6 Å². The molecule has 0 unspecified atom stereocenters. The Labute approximate surface area is 172 Å². The van der Waals surface area contributed by atoms with Gasteiger partial charge in [0.2, 0.25) is 5.95 Å². The van der Waals surface area contributed by atoms with Crippen molar-refractivity contribution in [1.82, 2.24) is 9.97 Å².